The molecule has 0 fully saturated rings. The van der Waals surface area contributed by atoms with Crippen molar-refractivity contribution in [1.82, 2.24) is 24.1 Å². The monoisotopic (exact) mass is 363 g/mol. The van der Waals surface area contributed by atoms with Crippen LogP contribution < -0.4 is 4.72 Å². The number of nitrogens with zero attached hydrogens (tertiary/aromatic N) is 4. The van der Waals surface area contributed by atoms with Crippen molar-refractivity contribution in [2.45, 2.75) is 30.6 Å². The SMILES string of the molecule is Cn1nccc1S(=O)(=O)NC[C@H]1CCc2nc(C(F)(F)F)cn2C1. The van der Waals surface area contributed by atoms with E-state index in [1.807, 2.05) is 0 Å². The van der Waals surface area contributed by atoms with Gasteiger partial charge in [0.2, 0.25) is 0 Å². The number of imidazole rings is 1. The Bertz CT molecular complexity index is 840. The molecule has 0 saturated carbocycles. The molecular weight excluding hydrogens is 347 g/mol. The van der Waals surface area contributed by atoms with Gasteiger partial charge in [-0.15, -0.1) is 0 Å². The highest BCUT2D eigenvalue weighted by molar-refractivity contribution is 7.89. The third-order valence-electron chi connectivity index (χ3n) is 3.99. The van der Waals surface area contributed by atoms with E-state index in [1.165, 1.54) is 28.6 Å². The van der Waals surface area contributed by atoms with Crippen molar-refractivity contribution in [3.8, 4) is 0 Å². The lowest BCUT2D eigenvalue weighted by atomic mass is 10.00. The highest BCUT2D eigenvalue weighted by Gasteiger charge is 2.35. The maximum atomic E-state index is 12.7. The van der Waals surface area contributed by atoms with E-state index in [0.717, 1.165) is 6.20 Å². The summed E-state index contributed by atoms with van der Waals surface area (Å²) in [6.45, 7) is 0.443. The van der Waals surface area contributed by atoms with E-state index in [1.54, 1.807) is 0 Å². The quantitative estimate of drug-likeness (QED) is 0.884. The molecule has 24 heavy (non-hydrogen) atoms. The Morgan fingerprint density at radius 2 is 2.17 bits per heavy atom. The summed E-state index contributed by atoms with van der Waals surface area (Å²) in [6, 6.07) is 1.38. The molecule has 7 nitrogen and oxygen atoms in total. The average Bonchev–Trinajstić information content (AvgIpc) is 3.10. The molecule has 1 aliphatic heterocycles. The molecular formula is C13H16F3N5O2S. The normalized spacial score (nSPS) is 18.6. The lowest BCUT2D eigenvalue weighted by molar-refractivity contribution is -0.141. The van der Waals surface area contributed by atoms with Crippen molar-refractivity contribution < 1.29 is 21.6 Å². The van der Waals surface area contributed by atoms with Gasteiger partial charge in [-0.2, -0.15) is 18.3 Å². The summed E-state index contributed by atoms with van der Waals surface area (Å²) < 4.78 is 67.7. The highest BCUT2D eigenvalue weighted by atomic mass is 32.2. The largest absolute Gasteiger partial charge is 0.434 e. The minimum absolute atomic E-state index is 0.0426. The first-order valence-electron chi connectivity index (χ1n) is 7.28. The van der Waals surface area contributed by atoms with E-state index in [2.05, 4.69) is 14.8 Å². The van der Waals surface area contributed by atoms with Gasteiger partial charge >= 0.3 is 6.18 Å². The number of aromatic nitrogens is 4. The van der Waals surface area contributed by atoms with Gasteiger partial charge in [-0.05, 0) is 18.4 Å². The number of alkyl halides is 3. The van der Waals surface area contributed by atoms with Crippen molar-refractivity contribution in [3.05, 3.63) is 30.0 Å². The Kier molecular flexibility index (Phi) is 4.16. The molecule has 0 bridgehead atoms. The molecule has 2 aromatic rings. The van der Waals surface area contributed by atoms with Gasteiger partial charge in [0.25, 0.3) is 10.0 Å². The van der Waals surface area contributed by atoms with E-state index in [-0.39, 0.29) is 17.5 Å². The van der Waals surface area contributed by atoms with Gasteiger partial charge in [-0.1, -0.05) is 0 Å². The second-order valence-electron chi connectivity index (χ2n) is 5.74. The van der Waals surface area contributed by atoms with Crippen molar-refractivity contribution in [3.63, 3.8) is 0 Å². The van der Waals surface area contributed by atoms with Crippen LogP contribution in [0.15, 0.2) is 23.5 Å². The fraction of sp³-hybridized carbons (Fsp3) is 0.538. The number of aryl methyl sites for hydroxylation is 2. The molecule has 3 rings (SSSR count). The summed E-state index contributed by atoms with van der Waals surface area (Å²) in [5, 5.41) is 3.85. The zero-order chi connectivity index (χ0) is 17.5. The van der Waals surface area contributed by atoms with Gasteiger partial charge in [0.1, 0.15) is 5.82 Å². The Balaban J connectivity index is 1.66. The molecule has 2 aromatic heterocycles. The fourth-order valence-corrected chi connectivity index (χ4v) is 3.98. The van der Waals surface area contributed by atoms with Gasteiger partial charge < -0.3 is 4.57 Å². The van der Waals surface area contributed by atoms with Crippen LogP contribution in [0.4, 0.5) is 13.2 Å². The Morgan fingerprint density at radius 1 is 1.42 bits per heavy atom. The average molecular weight is 363 g/mol. The number of sulfonamides is 1. The van der Waals surface area contributed by atoms with Crippen LogP contribution >= 0.6 is 0 Å². The van der Waals surface area contributed by atoms with Gasteiger partial charge in [0, 0.05) is 32.8 Å². The molecule has 0 amide bonds. The number of rotatable bonds is 4. The van der Waals surface area contributed by atoms with Crippen molar-refractivity contribution in [1.29, 1.82) is 0 Å². The predicted octanol–water partition coefficient (Wildman–Crippen LogP) is 1.18. The van der Waals surface area contributed by atoms with Crippen LogP contribution in [0.1, 0.15) is 17.9 Å². The summed E-state index contributed by atoms with van der Waals surface area (Å²) in [5.74, 6) is 0.281. The predicted molar refractivity (Wildman–Crippen MR) is 77.4 cm³/mol. The molecule has 11 heteroatoms. The van der Waals surface area contributed by atoms with Crippen LogP contribution in [0.5, 0.6) is 0 Å². The van der Waals surface area contributed by atoms with Crippen LogP contribution in [0.25, 0.3) is 0 Å². The Hall–Kier alpha value is -1.88. The second-order valence-corrected chi connectivity index (χ2v) is 7.46. The molecule has 0 aromatic carbocycles. The van der Waals surface area contributed by atoms with Crippen molar-refractivity contribution in [2.75, 3.05) is 6.54 Å². The summed E-state index contributed by atoms with van der Waals surface area (Å²) >= 11 is 0. The Labute approximate surface area is 136 Å². The van der Waals surface area contributed by atoms with Crippen LogP contribution in [-0.2, 0) is 36.2 Å². The number of hydrogen-bond acceptors (Lipinski definition) is 4. The number of nitrogens with one attached hydrogen (secondary N) is 1. The maximum absolute atomic E-state index is 12.7. The standard InChI is InChI=1S/C13H16F3N5O2S/c1-20-12(4-5-17-20)24(22,23)18-6-9-2-3-11-19-10(13(14,15)16)8-21(11)7-9/h4-5,8-9,18H,2-3,6-7H2,1H3/t9-/m1/s1. The minimum atomic E-state index is -4.47. The number of fused-ring (bicyclic) bond motifs is 1. The van der Waals surface area contributed by atoms with Crippen LogP contribution in [0.2, 0.25) is 0 Å². The fourth-order valence-electron chi connectivity index (χ4n) is 2.74. The molecule has 1 N–H and O–H groups in total. The van der Waals surface area contributed by atoms with Crippen molar-refractivity contribution >= 4 is 10.0 Å². The molecule has 1 atom stereocenters. The second kappa shape index (κ2) is 5.88. The van der Waals surface area contributed by atoms with E-state index < -0.39 is 21.9 Å². The van der Waals surface area contributed by atoms with E-state index in [0.29, 0.717) is 25.2 Å². The van der Waals surface area contributed by atoms with Crippen LogP contribution in [-0.4, -0.2) is 34.3 Å². The third-order valence-corrected chi connectivity index (χ3v) is 5.49. The molecule has 0 aliphatic carbocycles. The van der Waals surface area contributed by atoms with Gasteiger partial charge in [-0.25, -0.2) is 18.1 Å². The number of halogens is 3. The molecule has 0 saturated heterocycles. The highest BCUT2D eigenvalue weighted by Crippen LogP contribution is 2.30. The third kappa shape index (κ3) is 3.31. The van der Waals surface area contributed by atoms with Crippen molar-refractivity contribution in [2.24, 2.45) is 13.0 Å². The molecule has 0 radical (unpaired) electrons. The lowest BCUT2D eigenvalue weighted by Crippen LogP contribution is -2.34. The summed E-state index contributed by atoms with van der Waals surface area (Å²) in [6.07, 6.45) is -1.15. The van der Waals surface area contributed by atoms with Crippen LogP contribution in [0, 0.1) is 5.92 Å². The maximum Gasteiger partial charge on any atom is 0.434 e. The zero-order valence-corrected chi connectivity index (χ0v) is 13.6. The van der Waals surface area contributed by atoms with Gasteiger partial charge in [-0.3, -0.25) is 4.68 Å². The van der Waals surface area contributed by atoms with E-state index in [9.17, 15) is 21.6 Å². The van der Waals surface area contributed by atoms with E-state index in [4.69, 9.17) is 0 Å². The lowest BCUT2D eigenvalue weighted by Gasteiger charge is -2.23. The first-order valence-corrected chi connectivity index (χ1v) is 8.76. The van der Waals surface area contributed by atoms with E-state index >= 15 is 0 Å². The minimum Gasteiger partial charge on any atom is -0.334 e. The number of hydrogen-bond donors (Lipinski definition) is 1. The van der Waals surface area contributed by atoms with Crippen LogP contribution in [0.3, 0.4) is 0 Å². The molecule has 1 aliphatic rings. The summed E-state index contributed by atoms with van der Waals surface area (Å²) in [5.41, 5.74) is -0.909. The smallest absolute Gasteiger partial charge is 0.334 e. The summed E-state index contributed by atoms with van der Waals surface area (Å²) in [4.78, 5) is 3.61. The van der Waals surface area contributed by atoms with Gasteiger partial charge in [0.05, 0.1) is 6.20 Å². The first kappa shape index (κ1) is 17.0. The summed E-state index contributed by atoms with van der Waals surface area (Å²) in [7, 11) is -2.18. The topological polar surface area (TPSA) is 81.8 Å². The zero-order valence-electron chi connectivity index (χ0n) is 12.8. The molecule has 132 valence electrons. The molecule has 3 heterocycles. The van der Waals surface area contributed by atoms with Gasteiger partial charge in [0.15, 0.2) is 10.7 Å². The molecule has 0 spiro atoms. The Morgan fingerprint density at radius 3 is 2.79 bits per heavy atom. The first-order chi connectivity index (χ1) is 11.2. The molecule has 0 unspecified atom stereocenters.